The second-order valence-electron chi connectivity index (χ2n) is 5.66. The van der Waals surface area contributed by atoms with E-state index in [1.807, 2.05) is 19.1 Å². The molecule has 1 aromatic carbocycles. The van der Waals surface area contributed by atoms with Gasteiger partial charge in [0.2, 0.25) is 0 Å². The summed E-state index contributed by atoms with van der Waals surface area (Å²) in [6, 6.07) is 7.24. The molecule has 1 heterocycles. The molecular weight excluding hydrogens is 294 g/mol. The monoisotopic (exact) mass is 317 g/mol. The Morgan fingerprint density at radius 2 is 2.04 bits per heavy atom. The van der Waals surface area contributed by atoms with Gasteiger partial charge in [0.15, 0.2) is 5.60 Å². The number of aliphatic hydroxyl groups is 1. The van der Waals surface area contributed by atoms with E-state index in [0.717, 1.165) is 6.42 Å². The Morgan fingerprint density at radius 1 is 1.35 bits per heavy atom. The van der Waals surface area contributed by atoms with E-state index < -0.39 is 17.5 Å². The topological polar surface area (TPSA) is 66.8 Å². The fraction of sp³-hybridized carbons (Fsp3) is 0.444. The third-order valence-electron chi connectivity index (χ3n) is 4.10. The van der Waals surface area contributed by atoms with Crippen LogP contribution in [0, 0.1) is 0 Å². The predicted molar refractivity (Wildman–Crippen MR) is 88.9 cm³/mol. The van der Waals surface area contributed by atoms with Crippen molar-refractivity contribution in [2.24, 2.45) is 0 Å². The number of carbonyl (C=O) groups excluding carboxylic acids is 2. The van der Waals surface area contributed by atoms with Crippen molar-refractivity contribution in [3.63, 3.8) is 0 Å². The maximum atomic E-state index is 12.7. The number of fused-ring (bicyclic) bond motifs is 1. The number of rotatable bonds is 5. The van der Waals surface area contributed by atoms with Crippen molar-refractivity contribution in [3.05, 3.63) is 35.9 Å². The van der Waals surface area contributed by atoms with E-state index in [2.05, 4.69) is 0 Å². The van der Waals surface area contributed by atoms with Gasteiger partial charge in [0.1, 0.15) is 0 Å². The minimum absolute atomic E-state index is 0.242. The Morgan fingerprint density at radius 3 is 2.70 bits per heavy atom. The van der Waals surface area contributed by atoms with Crippen LogP contribution in [0.3, 0.4) is 0 Å². The number of carbonyl (C=O) groups is 2. The quantitative estimate of drug-likeness (QED) is 0.669. The van der Waals surface area contributed by atoms with Crippen LogP contribution in [0.5, 0.6) is 0 Å². The molecule has 0 saturated carbocycles. The van der Waals surface area contributed by atoms with Crippen LogP contribution in [0.4, 0.5) is 5.69 Å². The highest BCUT2D eigenvalue weighted by molar-refractivity contribution is 6.16. The summed E-state index contributed by atoms with van der Waals surface area (Å²) in [6.07, 6.45) is 3.04. The Labute approximate surface area is 136 Å². The molecule has 1 unspecified atom stereocenters. The molecule has 2 rings (SSSR count). The average Bonchev–Trinajstić information content (AvgIpc) is 2.55. The van der Waals surface area contributed by atoms with E-state index in [-0.39, 0.29) is 13.0 Å². The Kier molecular flexibility index (Phi) is 5.21. The number of likely N-dealkylation sites (N-methyl/N-ethyl adjacent to an activating group) is 1. The van der Waals surface area contributed by atoms with E-state index in [1.165, 1.54) is 11.0 Å². The molecule has 5 nitrogen and oxygen atoms in total. The van der Waals surface area contributed by atoms with E-state index in [1.54, 1.807) is 26.1 Å². The first-order valence-electron chi connectivity index (χ1n) is 7.94. The molecule has 0 fully saturated rings. The maximum Gasteiger partial charge on any atom is 0.331 e. The van der Waals surface area contributed by atoms with E-state index in [0.29, 0.717) is 23.2 Å². The summed E-state index contributed by atoms with van der Waals surface area (Å²) in [6.45, 7) is 3.95. The third kappa shape index (κ3) is 3.15. The van der Waals surface area contributed by atoms with Gasteiger partial charge >= 0.3 is 5.97 Å². The Bertz CT molecular complexity index is 638. The second kappa shape index (κ2) is 6.96. The summed E-state index contributed by atoms with van der Waals surface area (Å²) in [5, 5.41) is 11.1. The lowest BCUT2D eigenvalue weighted by Gasteiger charge is -2.39. The van der Waals surface area contributed by atoms with Crippen LogP contribution in [0.25, 0.3) is 5.57 Å². The molecule has 0 aromatic heterocycles. The van der Waals surface area contributed by atoms with Crippen molar-refractivity contribution < 1.29 is 19.4 Å². The second-order valence-corrected chi connectivity index (χ2v) is 5.66. The van der Waals surface area contributed by atoms with Gasteiger partial charge in [0.25, 0.3) is 5.91 Å². The first kappa shape index (κ1) is 17.2. The molecule has 1 aromatic rings. The molecule has 1 aliphatic heterocycles. The van der Waals surface area contributed by atoms with Crippen LogP contribution < -0.4 is 4.90 Å². The van der Waals surface area contributed by atoms with Gasteiger partial charge in [0, 0.05) is 24.3 Å². The van der Waals surface area contributed by atoms with Crippen LogP contribution >= 0.6 is 0 Å². The molecular formula is C18H23NO4. The third-order valence-corrected chi connectivity index (χ3v) is 4.10. The molecule has 23 heavy (non-hydrogen) atoms. The van der Waals surface area contributed by atoms with Gasteiger partial charge in [0.05, 0.1) is 12.3 Å². The minimum atomic E-state index is -1.70. The molecule has 124 valence electrons. The highest BCUT2D eigenvalue weighted by Crippen LogP contribution is 2.42. The first-order valence-corrected chi connectivity index (χ1v) is 7.94. The largest absolute Gasteiger partial charge is 0.463 e. The molecule has 1 aliphatic rings. The Hall–Kier alpha value is -2.14. The number of ether oxygens (including phenoxy) is 1. The standard InChI is InChI=1S/C18H23NO4/c1-4-6-11-18(22)14(12-16(20)23-5-2)13-9-7-8-10-15(13)19(3)17(18)21/h7-10,12,22H,4-6,11H2,1-3H3/b14-12+. The van der Waals surface area contributed by atoms with Crippen molar-refractivity contribution in [2.75, 3.05) is 18.6 Å². The molecule has 1 atom stereocenters. The summed E-state index contributed by atoms with van der Waals surface area (Å²) in [7, 11) is 1.64. The van der Waals surface area contributed by atoms with Crippen molar-refractivity contribution in [3.8, 4) is 0 Å². The summed E-state index contributed by atoms with van der Waals surface area (Å²) in [5.74, 6) is -0.968. The lowest BCUT2D eigenvalue weighted by atomic mass is 9.79. The number of hydrogen-bond donors (Lipinski definition) is 1. The number of para-hydroxylation sites is 1. The summed E-state index contributed by atoms with van der Waals surface area (Å²) >= 11 is 0. The molecule has 0 aliphatic carbocycles. The van der Waals surface area contributed by atoms with Gasteiger partial charge in [-0.1, -0.05) is 31.5 Å². The van der Waals surface area contributed by atoms with Gasteiger partial charge in [-0.25, -0.2) is 4.79 Å². The van der Waals surface area contributed by atoms with Crippen molar-refractivity contribution in [1.82, 2.24) is 0 Å². The predicted octanol–water partition coefficient (Wildman–Crippen LogP) is 2.53. The van der Waals surface area contributed by atoms with Gasteiger partial charge in [-0.15, -0.1) is 0 Å². The molecule has 0 radical (unpaired) electrons. The molecule has 0 spiro atoms. The molecule has 5 heteroatoms. The highest BCUT2D eigenvalue weighted by atomic mass is 16.5. The fourth-order valence-electron chi connectivity index (χ4n) is 2.89. The lowest BCUT2D eigenvalue weighted by molar-refractivity contribution is -0.137. The van der Waals surface area contributed by atoms with Gasteiger partial charge < -0.3 is 14.7 Å². The molecule has 0 saturated heterocycles. The minimum Gasteiger partial charge on any atom is -0.463 e. The highest BCUT2D eigenvalue weighted by Gasteiger charge is 2.47. The number of amides is 1. The van der Waals surface area contributed by atoms with Crippen molar-refractivity contribution in [2.45, 2.75) is 38.7 Å². The SMILES string of the molecule is CCCCC1(O)C(=O)N(C)c2ccccc2/C1=C\C(=O)OCC. The number of hydrogen-bond acceptors (Lipinski definition) is 4. The zero-order valence-electron chi connectivity index (χ0n) is 13.8. The van der Waals surface area contributed by atoms with E-state index in [4.69, 9.17) is 4.74 Å². The molecule has 1 amide bonds. The number of unbranched alkanes of at least 4 members (excludes halogenated alkanes) is 1. The maximum absolute atomic E-state index is 12.7. The number of esters is 1. The lowest BCUT2D eigenvalue weighted by Crippen LogP contribution is -2.52. The first-order chi connectivity index (χ1) is 11.0. The Balaban J connectivity index is 2.60. The van der Waals surface area contributed by atoms with Crippen LogP contribution in [0.15, 0.2) is 30.3 Å². The normalized spacial score (nSPS) is 22.2. The zero-order chi connectivity index (χ0) is 17.0. The number of benzene rings is 1. The van der Waals surface area contributed by atoms with Crippen molar-refractivity contribution >= 4 is 23.1 Å². The van der Waals surface area contributed by atoms with Crippen LogP contribution in [0.1, 0.15) is 38.7 Å². The summed E-state index contributed by atoms with van der Waals surface area (Å²) in [4.78, 5) is 26.1. The average molecular weight is 317 g/mol. The number of anilines is 1. The zero-order valence-corrected chi connectivity index (χ0v) is 13.8. The van der Waals surface area contributed by atoms with Gasteiger partial charge in [-0.3, -0.25) is 4.79 Å². The summed E-state index contributed by atoms with van der Waals surface area (Å²) < 4.78 is 4.97. The van der Waals surface area contributed by atoms with Gasteiger partial charge in [-0.2, -0.15) is 0 Å². The molecule has 1 N–H and O–H groups in total. The van der Waals surface area contributed by atoms with Crippen LogP contribution in [0.2, 0.25) is 0 Å². The number of nitrogens with zero attached hydrogens (tertiary/aromatic N) is 1. The smallest absolute Gasteiger partial charge is 0.331 e. The molecule has 0 bridgehead atoms. The fourth-order valence-corrected chi connectivity index (χ4v) is 2.89. The van der Waals surface area contributed by atoms with Gasteiger partial charge in [-0.05, 0) is 25.8 Å². The van der Waals surface area contributed by atoms with E-state index in [9.17, 15) is 14.7 Å². The summed E-state index contributed by atoms with van der Waals surface area (Å²) in [5.41, 5.74) is -0.0233. The van der Waals surface area contributed by atoms with Crippen LogP contribution in [-0.4, -0.2) is 36.2 Å². The van der Waals surface area contributed by atoms with Crippen molar-refractivity contribution in [1.29, 1.82) is 0 Å². The van der Waals surface area contributed by atoms with Crippen LogP contribution in [-0.2, 0) is 14.3 Å². The van der Waals surface area contributed by atoms with E-state index >= 15 is 0 Å².